The molecule has 0 radical (unpaired) electrons. The molecule has 0 aromatic heterocycles. The van der Waals surface area contributed by atoms with E-state index in [9.17, 15) is 9.18 Å². The molecule has 0 aliphatic carbocycles. The normalized spacial score (nSPS) is 20.8. The lowest BCUT2D eigenvalue weighted by atomic mass is 10.8. The second-order valence-electron chi connectivity index (χ2n) is 1.37. The molecule has 1 aliphatic rings. The zero-order valence-electron chi connectivity index (χ0n) is 5.19. The number of carbonyl (C=O) groups is 2. The van der Waals surface area contributed by atoms with Crippen molar-refractivity contribution in [1.82, 2.24) is 0 Å². The van der Waals surface area contributed by atoms with E-state index < -0.39 is 18.7 Å². The number of cyclic esters (lactones) is 2. The van der Waals surface area contributed by atoms with E-state index in [0.29, 0.717) is 0 Å². The summed E-state index contributed by atoms with van der Waals surface area (Å²) >= 11 is 0. The molecular weight excluding hydrogens is 163 g/mol. The fourth-order valence-corrected chi connectivity index (χ4v) is 0.306. The molecule has 2 N–H and O–H groups in total. The molecule has 1 atom stereocenters. The van der Waals surface area contributed by atoms with E-state index in [1.165, 1.54) is 0 Å². The van der Waals surface area contributed by atoms with Crippen molar-refractivity contribution in [3.8, 4) is 0 Å². The van der Waals surface area contributed by atoms with Gasteiger partial charge in [0.2, 0.25) is 0 Å². The summed E-state index contributed by atoms with van der Waals surface area (Å²) in [4.78, 5) is 18.3. The number of ether oxygens (including phenoxy) is 2. The highest BCUT2D eigenvalue weighted by molar-refractivity contribution is 5.61. The van der Waals surface area contributed by atoms with Gasteiger partial charge in [-0.05, 0) is 0 Å². The summed E-state index contributed by atoms with van der Waals surface area (Å²) in [6.07, 6.45) is -4.31. The van der Waals surface area contributed by atoms with Crippen LogP contribution >= 0.6 is 0 Å². The molecule has 1 fully saturated rings. The van der Waals surface area contributed by atoms with E-state index >= 15 is 0 Å². The number of carboxylic acid groups (broad SMARTS) is 2. The number of hydrogen-bond acceptors (Lipinski definition) is 4. The molecule has 1 unspecified atom stereocenters. The Labute approximate surface area is 60.1 Å². The smallest absolute Gasteiger partial charge is 0.450 e. The molecule has 7 heteroatoms. The van der Waals surface area contributed by atoms with Crippen molar-refractivity contribution in [2.75, 3.05) is 6.61 Å². The largest absolute Gasteiger partial charge is 0.511 e. The molecule has 1 aliphatic heterocycles. The van der Waals surface area contributed by atoms with Crippen LogP contribution in [-0.4, -0.2) is 35.5 Å². The van der Waals surface area contributed by atoms with Crippen LogP contribution in [0.4, 0.5) is 14.0 Å². The molecule has 11 heavy (non-hydrogen) atoms. The average Bonchev–Trinajstić information content (AvgIpc) is 2.13. The second kappa shape index (κ2) is 4.31. The lowest BCUT2D eigenvalue weighted by Gasteiger charge is -1.85. The van der Waals surface area contributed by atoms with Crippen LogP contribution < -0.4 is 0 Å². The molecular formula is C4H5FO6. The van der Waals surface area contributed by atoms with E-state index in [4.69, 9.17) is 15.0 Å². The van der Waals surface area contributed by atoms with Gasteiger partial charge in [0.15, 0.2) is 6.61 Å². The fourth-order valence-electron chi connectivity index (χ4n) is 0.306. The van der Waals surface area contributed by atoms with E-state index in [-0.39, 0.29) is 6.61 Å². The van der Waals surface area contributed by atoms with Gasteiger partial charge in [-0.2, -0.15) is 4.39 Å². The van der Waals surface area contributed by atoms with Crippen LogP contribution in [0.15, 0.2) is 0 Å². The molecule has 0 amide bonds. The molecule has 0 saturated carbocycles. The number of halogens is 1. The van der Waals surface area contributed by atoms with Gasteiger partial charge in [0.05, 0.1) is 0 Å². The highest BCUT2D eigenvalue weighted by Gasteiger charge is 2.23. The average molecular weight is 168 g/mol. The van der Waals surface area contributed by atoms with Gasteiger partial charge in [-0.25, -0.2) is 9.59 Å². The minimum atomic E-state index is -1.83. The van der Waals surface area contributed by atoms with E-state index in [2.05, 4.69) is 9.47 Å². The van der Waals surface area contributed by atoms with Gasteiger partial charge in [0, 0.05) is 0 Å². The zero-order valence-corrected chi connectivity index (χ0v) is 5.19. The Bertz CT molecular complexity index is 153. The topological polar surface area (TPSA) is 93.1 Å². The van der Waals surface area contributed by atoms with Gasteiger partial charge >= 0.3 is 12.3 Å². The molecule has 0 aromatic carbocycles. The Morgan fingerprint density at radius 2 is 2.09 bits per heavy atom. The van der Waals surface area contributed by atoms with E-state index in [1.54, 1.807) is 0 Å². The SMILES string of the molecule is O=C(O)O.O=C1OCC(F)O1. The summed E-state index contributed by atoms with van der Waals surface area (Å²) in [6, 6.07) is 0. The van der Waals surface area contributed by atoms with Crippen molar-refractivity contribution in [3.05, 3.63) is 0 Å². The summed E-state index contributed by atoms with van der Waals surface area (Å²) in [6.45, 7) is -0.265. The summed E-state index contributed by atoms with van der Waals surface area (Å²) in [7, 11) is 0. The minimum Gasteiger partial charge on any atom is -0.450 e. The van der Waals surface area contributed by atoms with Crippen LogP contribution in [0.2, 0.25) is 0 Å². The molecule has 1 rings (SSSR count). The highest BCUT2D eigenvalue weighted by Crippen LogP contribution is 2.05. The maximum Gasteiger partial charge on any atom is 0.511 e. The number of alkyl halides is 1. The first-order valence-electron chi connectivity index (χ1n) is 2.41. The number of rotatable bonds is 0. The second-order valence-corrected chi connectivity index (χ2v) is 1.37. The van der Waals surface area contributed by atoms with Gasteiger partial charge < -0.3 is 19.7 Å². The predicted octanol–water partition coefficient (Wildman–Crippen LogP) is 0.671. The molecule has 1 heterocycles. The van der Waals surface area contributed by atoms with Crippen LogP contribution in [-0.2, 0) is 9.47 Å². The number of carbonyl (C=O) groups excluding carboxylic acids is 1. The van der Waals surface area contributed by atoms with Gasteiger partial charge in [-0.15, -0.1) is 0 Å². The van der Waals surface area contributed by atoms with Gasteiger partial charge in [-0.1, -0.05) is 0 Å². The van der Waals surface area contributed by atoms with Crippen LogP contribution in [0.3, 0.4) is 0 Å². The van der Waals surface area contributed by atoms with Crippen LogP contribution in [0, 0.1) is 0 Å². The molecule has 1 saturated heterocycles. The Hall–Kier alpha value is -1.53. The van der Waals surface area contributed by atoms with E-state index in [0.717, 1.165) is 0 Å². The molecule has 64 valence electrons. The maximum absolute atomic E-state index is 11.6. The molecule has 6 nitrogen and oxygen atoms in total. The molecule has 0 bridgehead atoms. The fraction of sp³-hybridized carbons (Fsp3) is 0.500. The third-order valence-corrected chi connectivity index (χ3v) is 0.556. The van der Waals surface area contributed by atoms with Crippen molar-refractivity contribution in [1.29, 1.82) is 0 Å². The first kappa shape index (κ1) is 9.47. The first-order valence-corrected chi connectivity index (χ1v) is 2.41. The predicted molar refractivity (Wildman–Crippen MR) is 28.0 cm³/mol. The van der Waals surface area contributed by atoms with Crippen molar-refractivity contribution in [2.45, 2.75) is 6.36 Å². The quantitative estimate of drug-likeness (QED) is 0.516. The number of hydrogen-bond donors (Lipinski definition) is 2. The summed E-state index contributed by atoms with van der Waals surface area (Å²) in [5, 5.41) is 13.9. The lowest BCUT2D eigenvalue weighted by Crippen LogP contribution is -1.98. The third kappa shape index (κ3) is 6.35. The molecule has 0 aromatic rings. The van der Waals surface area contributed by atoms with Crippen LogP contribution in [0.1, 0.15) is 0 Å². The van der Waals surface area contributed by atoms with Gasteiger partial charge in [-0.3, -0.25) is 0 Å². The van der Waals surface area contributed by atoms with E-state index in [1.807, 2.05) is 0 Å². The van der Waals surface area contributed by atoms with Gasteiger partial charge in [0.1, 0.15) is 0 Å². The Kier molecular flexibility index (Phi) is 3.71. The summed E-state index contributed by atoms with van der Waals surface area (Å²) in [5.41, 5.74) is 0. The Morgan fingerprint density at radius 3 is 2.18 bits per heavy atom. The highest BCUT2D eigenvalue weighted by atomic mass is 19.1. The van der Waals surface area contributed by atoms with Crippen molar-refractivity contribution in [2.24, 2.45) is 0 Å². The maximum atomic E-state index is 11.6. The van der Waals surface area contributed by atoms with Crippen LogP contribution in [0.25, 0.3) is 0 Å². The van der Waals surface area contributed by atoms with Crippen molar-refractivity contribution in [3.63, 3.8) is 0 Å². The summed E-state index contributed by atoms with van der Waals surface area (Å²) < 4.78 is 19.5. The zero-order chi connectivity index (χ0) is 8.85. The molecule has 0 spiro atoms. The minimum absolute atomic E-state index is 0.265. The van der Waals surface area contributed by atoms with Crippen molar-refractivity contribution < 1.29 is 33.7 Å². The Morgan fingerprint density at radius 1 is 1.64 bits per heavy atom. The lowest BCUT2D eigenvalue weighted by molar-refractivity contribution is 0.0572. The van der Waals surface area contributed by atoms with Crippen molar-refractivity contribution >= 4 is 12.3 Å². The van der Waals surface area contributed by atoms with Gasteiger partial charge in [0.25, 0.3) is 6.36 Å². The summed E-state index contributed by atoms with van der Waals surface area (Å²) in [5.74, 6) is 0. The van der Waals surface area contributed by atoms with Crippen LogP contribution in [0.5, 0.6) is 0 Å². The monoisotopic (exact) mass is 168 g/mol. The third-order valence-electron chi connectivity index (χ3n) is 0.556. The first-order chi connectivity index (χ1) is 5.02. The Balaban J connectivity index is 0.000000218. The standard InChI is InChI=1S/C3H3FO3.CH2O3/c4-2-1-6-3(5)7-2;2-1(3)4/h2H,1H2;(H2,2,3,4).